The van der Waals surface area contributed by atoms with Gasteiger partial charge in [0.1, 0.15) is 0 Å². The fourth-order valence-electron chi connectivity index (χ4n) is 3.40. The molecule has 98 valence electrons. The van der Waals surface area contributed by atoms with E-state index in [-0.39, 0.29) is 0 Å². The summed E-state index contributed by atoms with van der Waals surface area (Å²) < 4.78 is 0. The minimum atomic E-state index is 0.724. The fourth-order valence-corrected chi connectivity index (χ4v) is 3.40. The molecule has 0 amide bonds. The maximum absolute atomic E-state index is 3.53. The lowest BCUT2D eigenvalue weighted by Crippen LogP contribution is -2.40. The maximum atomic E-state index is 3.53. The van der Waals surface area contributed by atoms with Crippen molar-refractivity contribution in [3.05, 3.63) is 29.8 Å². The third-order valence-corrected chi connectivity index (χ3v) is 4.52. The van der Waals surface area contributed by atoms with Crippen molar-refractivity contribution in [2.24, 2.45) is 5.92 Å². The van der Waals surface area contributed by atoms with E-state index < -0.39 is 0 Å². The Kier molecular flexibility index (Phi) is 3.55. The van der Waals surface area contributed by atoms with Crippen LogP contribution >= 0.6 is 0 Å². The summed E-state index contributed by atoms with van der Waals surface area (Å²) in [5, 5.41) is 3.53. The highest BCUT2D eigenvalue weighted by molar-refractivity contribution is 5.57. The van der Waals surface area contributed by atoms with E-state index in [9.17, 15) is 0 Å². The lowest BCUT2D eigenvalue weighted by molar-refractivity contribution is 0.373. The first kappa shape index (κ1) is 12.0. The number of piperidine rings is 1. The summed E-state index contributed by atoms with van der Waals surface area (Å²) in [7, 11) is 0. The minimum Gasteiger partial charge on any atom is -0.371 e. The zero-order valence-corrected chi connectivity index (χ0v) is 11.4. The SMILES string of the molecule is CC1CCN(CC2CCCNC2)c2ccccc21. The zero-order valence-electron chi connectivity index (χ0n) is 11.4. The van der Waals surface area contributed by atoms with Crippen molar-refractivity contribution in [1.82, 2.24) is 5.32 Å². The molecule has 0 radical (unpaired) electrons. The lowest BCUT2D eigenvalue weighted by Gasteiger charge is -2.37. The lowest BCUT2D eigenvalue weighted by atomic mass is 9.90. The van der Waals surface area contributed by atoms with Crippen LogP contribution in [0.15, 0.2) is 24.3 Å². The average Bonchev–Trinajstić information content (AvgIpc) is 2.44. The van der Waals surface area contributed by atoms with Crippen LogP contribution in [-0.4, -0.2) is 26.2 Å². The Balaban J connectivity index is 1.75. The summed E-state index contributed by atoms with van der Waals surface area (Å²) in [6.07, 6.45) is 4.04. The van der Waals surface area contributed by atoms with Crippen LogP contribution in [0.4, 0.5) is 5.69 Å². The van der Waals surface area contributed by atoms with Crippen LogP contribution in [0.3, 0.4) is 0 Å². The molecule has 2 heteroatoms. The fraction of sp³-hybridized carbons (Fsp3) is 0.625. The van der Waals surface area contributed by atoms with Crippen molar-refractivity contribution in [3.8, 4) is 0 Å². The van der Waals surface area contributed by atoms with E-state index >= 15 is 0 Å². The Hall–Kier alpha value is -1.02. The van der Waals surface area contributed by atoms with Gasteiger partial charge in [0.15, 0.2) is 0 Å². The summed E-state index contributed by atoms with van der Waals surface area (Å²) in [5.74, 6) is 1.56. The number of para-hydroxylation sites is 1. The quantitative estimate of drug-likeness (QED) is 0.860. The summed E-state index contributed by atoms with van der Waals surface area (Å²) in [5.41, 5.74) is 3.04. The van der Waals surface area contributed by atoms with Crippen molar-refractivity contribution in [2.75, 3.05) is 31.1 Å². The van der Waals surface area contributed by atoms with Gasteiger partial charge in [-0.15, -0.1) is 0 Å². The third-order valence-electron chi connectivity index (χ3n) is 4.52. The molecule has 2 aliphatic heterocycles. The van der Waals surface area contributed by atoms with Crippen molar-refractivity contribution in [2.45, 2.75) is 32.1 Å². The normalized spacial score (nSPS) is 27.9. The summed E-state index contributed by atoms with van der Waals surface area (Å²) in [6.45, 7) is 7.24. The molecule has 0 aliphatic carbocycles. The number of hydrogen-bond donors (Lipinski definition) is 1. The Morgan fingerprint density at radius 2 is 2.17 bits per heavy atom. The molecule has 0 bridgehead atoms. The molecule has 0 aromatic heterocycles. The topological polar surface area (TPSA) is 15.3 Å². The van der Waals surface area contributed by atoms with E-state index in [1.807, 2.05) is 0 Å². The van der Waals surface area contributed by atoms with Gasteiger partial charge >= 0.3 is 0 Å². The molecule has 1 fully saturated rings. The van der Waals surface area contributed by atoms with Gasteiger partial charge in [0.25, 0.3) is 0 Å². The van der Waals surface area contributed by atoms with Gasteiger partial charge in [0.05, 0.1) is 0 Å². The van der Waals surface area contributed by atoms with Gasteiger partial charge in [-0.2, -0.15) is 0 Å². The van der Waals surface area contributed by atoms with Crippen LogP contribution in [0.2, 0.25) is 0 Å². The van der Waals surface area contributed by atoms with Gasteiger partial charge in [-0.1, -0.05) is 25.1 Å². The zero-order chi connectivity index (χ0) is 12.4. The van der Waals surface area contributed by atoms with Crippen molar-refractivity contribution in [3.63, 3.8) is 0 Å². The molecule has 0 saturated carbocycles. The molecule has 2 nitrogen and oxygen atoms in total. The van der Waals surface area contributed by atoms with Gasteiger partial charge in [-0.3, -0.25) is 0 Å². The highest BCUT2D eigenvalue weighted by atomic mass is 15.1. The summed E-state index contributed by atoms with van der Waals surface area (Å²) >= 11 is 0. The number of nitrogens with one attached hydrogen (secondary N) is 1. The highest BCUT2D eigenvalue weighted by Gasteiger charge is 2.24. The van der Waals surface area contributed by atoms with E-state index in [1.165, 1.54) is 51.1 Å². The number of hydrogen-bond acceptors (Lipinski definition) is 2. The van der Waals surface area contributed by atoms with Crippen molar-refractivity contribution in [1.29, 1.82) is 0 Å². The Morgan fingerprint density at radius 3 is 3.00 bits per heavy atom. The molecular formula is C16H24N2. The van der Waals surface area contributed by atoms with Crippen molar-refractivity contribution >= 4 is 5.69 Å². The summed E-state index contributed by atoms with van der Waals surface area (Å²) in [4.78, 5) is 2.62. The molecule has 2 aliphatic rings. The maximum Gasteiger partial charge on any atom is 0.0401 e. The first-order valence-electron chi connectivity index (χ1n) is 7.39. The smallest absolute Gasteiger partial charge is 0.0401 e. The molecule has 18 heavy (non-hydrogen) atoms. The number of anilines is 1. The second kappa shape index (κ2) is 5.31. The van der Waals surface area contributed by atoms with Crippen LogP contribution in [-0.2, 0) is 0 Å². The van der Waals surface area contributed by atoms with E-state index in [0.717, 1.165) is 11.8 Å². The number of nitrogens with zero attached hydrogens (tertiary/aromatic N) is 1. The van der Waals surface area contributed by atoms with Crippen LogP contribution in [0.5, 0.6) is 0 Å². The summed E-state index contributed by atoms with van der Waals surface area (Å²) in [6, 6.07) is 8.98. The highest BCUT2D eigenvalue weighted by Crippen LogP contribution is 2.35. The van der Waals surface area contributed by atoms with Gasteiger partial charge in [0, 0.05) is 18.8 Å². The van der Waals surface area contributed by atoms with Gasteiger partial charge in [-0.05, 0) is 55.8 Å². The second-order valence-electron chi connectivity index (χ2n) is 5.91. The standard InChI is InChI=1S/C16H24N2/c1-13-8-10-18(12-14-5-4-9-17-11-14)16-7-3-2-6-15(13)16/h2-3,6-7,13-14,17H,4-5,8-12H2,1H3. The average molecular weight is 244 g/mol. The number of fused-ring (bicyclic) bond motifs is 1. The molecule has 1 N–H and O–H groups in total. The number of benzene rings is 1. The van der Waals surface area contributed by atoms with Crippen LogP contribution in [0, 0.1) is 5.92 Å². The molecule has 3 rings (SSSR count). The molecule has 1 saturated heterocycles. The third kappa shape index (κ3) is 2.39. The molecule has 1 aromatic rings. The first-order chi connectivity index (χ1) is 8.84. The molecule has 1 aromatic carbocycles. The molecule has 2 unspecified atom stereocenters. The number of rotatable bonds is 2. The van der Waals surface area contributed by atoms with Crippen molar-refractivity contribution < 1.29 is 0 Å². The van der Waals surface area contributed by atoms with E-state index in [0.29, 0.717) is 0 Å². The van der Waals surface area contributed by atoms with E-state index in [4.69, 9.17) is 0 Å². The Morgan fingerprint density at radius 1 is 1.28 bits per heavy atom. The molecular weight excluding hydrogens is 220 g/mol. The first-order valence-corrected chi connectivity index (χ1v) is 7.39. The predicted molar refractivity (Wildman–Crippen MR) is 77.3 cm³/mol. The second-order valence-corrected chi connectivity index (χ2v) is 5.91. The Labute approximate surface area is 110 Å². The van der Waals surface area contributed by atoms with Gasteiger partial charge in [0.2, 0.25) is 0 Å². The predicted octanol–water partition coefficient (Wildman–Crippen LogP) is 3.00. The van der Waals surface area contributed by atoms with E-state index in [2.05, 4.69) is 41.4 Å². The Bertz CT molecular complexity index is 396. The van der Waals surface area contributed by atoms with Crippen LogP contribution in [0.1, 0.15) is 37.7 Å². The van der Waals surface area contributed by atoms with Gasteiger partial charge in [-0.25, -0.2) is 0 Å². The molecule has 2 atom stereocenters. The van der Waals surface area contributed by atoms with E-state index in [1.54, 1.807) is 5.56 Å². The molecule has 2 heterocycles. The minimum absolute atomic E-state index is 0.724. The van der Waals surface area contributed by atoms with Crippen LogP contribution in [0.25, 0.3) is 0 Å². The van der Waals surface area contributed by atoms with Gasteiger partial charge < -0.3 is 10.2 Å². The monoisotopic (exact) mass is 244 g/mol. The molecule has 0 spiro atoms. The largest absolute Gasteiger partial charge is 0.371 e. The van der Waals surface area contributed by atoms with Crippen LogP contribution < -0.4 is 10.2 Å².